The van der Waals surface area contributed by atoms with Crippen molar-refractivity contribution >= 4 is 11.5 Å². The SMILES string of the molecule is CC1(C)CC(=O)C2C(=NC(COCCN)=C(C#N)C2c2ccnnc2)C1. The third-order valence-corrected chi connectivity index (χ3v) is 4.84. The molecule has 1 saturated carbocycles. The lowest BCUT2D eigenvalue weighted by Gasteiger charge is -2.40. The second kappa shape index (κ2) is 7.44. The van der Waals surface area contributed by atoms with Gasteiger partial charge in [-0.05, 0) is 23.5 Å². The van der Waals surface area contributed by atoms with E-state index in [1.807, 2.05) is 6.07 Å². The average molecular weight is 353 g/mol. The van der Waals surface area contributed by atoms with Crippen molar-refractivity contribution in [2.45, 2.75) is 32.6 Å². The topological polar surface area (TPSA) is 114 Å². The van der Waals surface area contributed by atoms with Crippen molar-refractivity contribution in [1.82, 2.24) is 10.2 Å². The molecule has 1 aliphatic heterocycles. The highest BCUT2D eigenvalue weighted by atomic mass is 16.5. The number of hydrogen-bond donors (Lipinski definition) is 1. The minimum atomic E-state index is -0.417. The molecule has 2 N–H and O–H groups in total. The van der Waals surface area contributed by atoms with E-state index in [0.717, 1.165) is 17.7 Å². The van der Waals surface area contributed by atoms with Crippen LogP contribution >= 0.6 is 0 Å². The number of aromatic nitrogens is 2. The van der Waals surface area contributed by atoms with Gasteiger partial charge in [0.15, 0.2) is 0 Å². The average Bonchev–Trinajstić information content (AvgIpc) is 2.60. The number of Topliss-reactive ketones (excluding diaryl/α,β-unsaturated/α-hetero) is 1. The summed E-state index contributed by atoms with van der Waals surface area (Å²) in [7, 11) is 0. The fraction of sp³-hybridized carbons (Fsp3) is 0.526. The quantitative estimate of drug-likeness (QED) is 0.807. The van der Waals surface area contributed by atoms with Gasteiger partial charge in [0.25, 0.3) is 0 Å². The largest absolute Gasteiger partial charge is 0.374 e. The summed E-state index contributed by atoms with van der Waals surface area (Å²) in [5, 5.41) is 17.6. The summed E-state index contributed by atoms with van der Waals surface area (Å²) in [5.41, 5.74) is 8.04. The molecule has 136 valence electrons. The number of fused-ring (bicyclic) bond motifs is 1. The fourth-order valence-corrected chi connectivity index (χ4v) is 3.84. The van der Waals surface area contributed by atoms with E-state index in [4.69, 9.17) is 15.5 Å². The number of ketones is 1. The zero-order valence-corrected chi connectivity index (χ0v) is 15.1. The molecule has 0 spiro atoms. The van der Waals surface area contributed by atoms with Gasteiger partial charge in [0.2, 0.25) is 0 Å². The Balaban J connectivity index is 2.09. The van der Waals surface area contributed by atoms with Gasteiger partial charge in [-0.15, -0.1) is 0 Å². The normalized spacial score (nSPS) is 24.7. The summed E-state index contributed by atoms with van der Waals surface area (Å²) in [4.78, 5) is 17.7. The number of nitrogens with zero attached hydrogens (tertiary/aromatic N) is 4. The van der Waals surface area contributed by atoms with Crippen molar-refractivity contribution in [3.05, 3.63) is 35.3 Å². The molecule has 1 aromatic rings. The lowest BCUT2D eigenvalue weighted by atomic mass is 9.64. The monoisotopic (exact) mass is 353 g/mol. The van der Waals surface area contributed by atoms with Gasteiger partial charge in [-0.3, -0.25) is 9.79 Å². The number of nitrogens with two attached hydrogens (primary N) is 1. The third-order valence-electron chi connectivity index (χ3n) is 4.84. The van der Waals surface area contributed by atoms with Crippen LogP contribution in [0.3, 0.4) is 0 Å². The first kappa shape index (κ1) is 18.4. The van der Waals surface area contributed by atoms with Gasteiger partial charge in [-0.25, -0.2) is 0 Å². The predicted molar refractivity (Wildman–Crippen MR) is 96.2 cm³/mol. The molecular weight excluding hydrogens is 330 g/mol. The molecule has 2 unspecified atom stereocenters. The summed E-state index contributed by atoms with van der Waals surface area (Å²) in [5.74, 6) is -0.681. The Morgan fingerprint density at radius 1 is 1.35 bits per heavy atom. The molecule has 2 heterocycles. The van der Waals surface area contributed by atoms with Crippen LogP contribution in [0.4, 0.5) is 0 Å². The molecule has 26 heavy (non-hydrogen) atoms. The van der Waals surface area contributed by atoms with E-state index < -0.39 is 5.92 Å². The van der Waals surface area contributed by atoms with Crippen molar-refractivity contribution in [2.75, 3.05) is 19.8 Å². The van der Waals surface area contributed by atoms with Crippen LogP contribution in [0, 0.1) is 22.7 Å². The number of carbonyl (C=O) groups excluding carboxylic acids is 1. The number of aliphatic imine (C=N–C) groups is 1. The van der Waals surface area contributed by atoms with Crippen LogP contribution in [0.1, 0.15) is 38.2 Å². The zero-order valence-electron chi connectivity index (χ0n) is 15.1. The maximum Gasteiger partial charge on any atom is 0.143 e. The number of ether oxygens (including phenoxy) is 1. The first-order valence-corrected chi connectivity index (χ1v) is 8.74. The molecule has 1 aromatic heterocycles. The highest BCUT2D eigenvalue weighted by Crippen LogP contribution is 2.46. The molecule has 2 atom stereocenters. The predicted octanol–water partition coefficient (Wildman–Crippen LogP) is 1.77. The Bertz CT molecular complexity index is 792. The summed E-state index contributed by atoms with van der Waals surface area (Å²) in [6, 6.07) is 4.07. The highest BCUT2D eigenvalue weighted by Gasteiger charge is 2.46. The fourth-order valence-electron chi connectivity index (χ4n) is 3.84. The Hall–Kier alpha value is -2.43. The molecule has 7 heteroatoms. The third kappa shape index (κ3) is 3.57. The Kier molecular flexibility index (Phi) is 5.25. The Morgan fingerprint density at radius 2 is 2.15 bits per heavy atom. The molecule has 1 fully saturated rings. The number of nitriles is 1. The van der Waals surface area contributed by atoms with Crippen molar-refractivity contribution in [1.29, 1.82) is 5.26 Å². The van der Waals surface area contributed by atoms with Crippen molar-refractivity contribution in [3.63, 3.8) is 0 Å². The summed E-state index contributed by atoms with van der Waals surface area (Å²) in [6.07, 6.45) is 4.40. The van der Waals surface area contributed by atoms with E-state index in [1.165, 1.54) is 0 Å². The van der Waals surface area contributed by atoms with E-state index in [-0.39, 0.29) is 23.7 Å². The maximum atomic E-state index is 13.0. The van der Waals surface area contributed by atoms with Gasteiger partial charge in [-0.2, -0.15) is 15.5 Å². The van der Waals surface area contributed by atoms with Crippen LogP contribution in [0.2, 0.25) is 0 Å². The van der Waals surface area contributed by atoms with E-state index in [2.05, 4.69) is 30.1 Å². The number of rotatable bonds is 5. The summed E-state index contributed by atoms with van der Waals surface area (Å²) < 4.78 is 5.54. The van der Waals surface area contributed by atoms with Gasteiger partial charge < -0.3 is 10.5 Å². The van der Waals surface area contributed by atoms with Gasteiger partial charge in [0.05, 0.1) is 42.7 Å². The van der Waals surface area contributed by atoms with Crippen LogP contribution in [0.15, 0.2) is 34.7 Å². The first-order valence-electron chi connectivity index (χ1n) is 8.74. The molecule has 0 radical (unpaired) electrons. The number of allylic oxidation sites excluding steroid dienone is 1. The van der Waals surface area contributed by atoms with Gasteiger partial charge in [0, 0.05) is 30.8 Å². The molecule has 0 aromatic carbocycles. The standard InChI is InChI=1S/C19H23N5O2/c1-19(2)7-14-18(16(25)8-19)17(12-3-5-22-23-10-12)13(9-21)15(24-14)11-26-6-4-20/h3,5,10,17-18H,4,6-8,11,20H2,1-2H3. The summed E-state index contributed by atoms with van der Waals surface area (Å²) >= 11 is 0. The number of carbonyl (C=O) groups is 1. The zero-order chi connectivity index (χ0) is 18.7. The molecule has 0 bridgehead atoms. The van der Waals surface area contributed by atoms with Crippen molar-refractivity contribution in [3.8, 4) is 6.07 Å². The maximum absolute atomic E-state index is 13.0. The second-order valence-electron chi connectivity index (χ2n) is 7.53. The van der Waals surface area contributed by atoms with Gasteiger partial charge >= 0.3 is 0 Å². The molecule has 2 aliphatic rings. The van der Waals surface area contributed by atoms with E-state index in [0.29, 0.717) is 30.8 Å². The van der Waals surface area contributed by atoms with Crippen LogP contribution < -0.4 is 5.73 Å². The Labute approximate surface area is 153 Å². The number of hydrogen-bond acceptors (Lipinski definition) is 7. The van der Waals surface area contributed by atoms with Crippen LogP contribution in [-0.2, 0) is 9.53 Å². The minimum absolute atomic E-state index is 0.122. The van der Waals surface area contributed by atoms with Gasteiger partial charge in [-0.1, -0.05) is 13.8 Å². The van der Waals surface area contributed by atoms with E-state index >= 15 is 0 Å². The lowest BCUT2D eigenvalue weighted by molar-refractivity contribution is -0.124. The molecule has 0 amide bonds. The van der Waals surface area contributed by atoms with E-state index in [1.54, 1.807) is 12.4 Å². The minimum Gasteiger partial charge on any atom is -0.374 e. The summed E-state index contributed by atoms with van der Waals surface area (Å²) in [6.45, 7) is 5.14. The smallest absolute Gasteiger partial charge is 0.143 e. The van der Waals surface area contributed by atoms with Gasteiger partial charge in [0.1, 0.15) is 5.78 Å². The lowest BCUT2D eigenvalue weighted by Crippen LogP contribution is -2.43. The van der Waals surface area contributed by atoms with Crippen molar-refractivity contribution in [2.24, 2.45) is 22.1 Å². The van der Waals surface area contributed by atoms with Crippen LogP contribution in [0.5, 0.6) is 0 Å². The second-order valence-corrected chi connectivity index (χ2v) is 7.53. The molecule has 1 aliphatic carbocycles. The van der Waals surface area contributed by atoms with Crippen molar-refractivity contribution < 1.29 is 9.53 Å². The van der Waals surface area contributed by atoms with Crippen LogP contribution in [0.25, 0.3) is 0 Å². The first-order chi connectivity index (χ1) is 12.5. The molecule has 7 nitrogen and oxygen atoms in total. The van der Waals surface area contributed by atoms with E-state index in [9.17, 15) is 10.1 Å². The molecule has 0 saturated heterocycles. The molecular formula is C19H23N5O2. The highest BCUT2D eigenvalue weighted by molar-refractivity contribution is 6.10. The Morgan fingerprint density at radius 3 is 2.81 bits per heavy atom. The molecule has 3 rings (SSSR count). The van der Waals surface area contributed by atoms with Crippen LogP contribution in [-0.4, -0.2) is 41.5 Å².